The van der Waals surface area contributed by atoms with Crippen molar-refractivity contribution in [2.24, 2.45) is 7.05 Å². The first-order valence-electron chi connectivity index (χ1n) is 8.73. The number of morpholine rings is 1. The molecule has 0 spiro atoms. The maximum Gasteiger partial charge on any atom is 0.293 e. The second-order valence-corrected chi connectivity index (χ2v) is 6.84. The summed E-state index contributed by atoms with van der Waals surface area (Å²) in [6, 6.07) is 0. The zero-order valence-corrected chi connectivity index (χ0v) is 15.6. The topological polar surface area (TPSA) is 80.1 Å². The highest BCUT2D eigenvalue weighted by molar-refractivity contribution is 5.34. The van der Waals surface area contributed by atoms with Crippen LogP contribution in [0.3, 0.4) is 0 Å². The minimum atomic E-state index is -0.512. The van der Waals surface area contributed by atoms with Crippen LogP contribution in [-0.2, 0) is 16.5 Å². The van der Waals surface area contributed by atoms with Crippen molar-refractivity contribution in [3.63, 3.8) is 0 Å². The normalized spacial score (nSPS) is 20.0. The number of hydrogen-bond donors (Lipinski definition) is 1. The lowest BCUT2D eigenvalue weighted by Gasteiger charge is -2.35. The number of nitrogens with zero attached hydrogens (tertiary/aromatic N) is 4. The first kappa shape index (κ1) is 19.8. The Balaban J connectivity index is 1.86. The summed E-state index contributed by atoms with van der Waals surface area (Å²) in [6.07, 6.45) is 2.82. The Labute approximate surface area is 149 Å². The molecular weight excluding hydrogens is 324 g/mol. The predicted molar refractivity (Wildman–Crippen MR) is 96.0 cm³/mol. The van der Waals surface area contributed by atoms with Gasteiger partial charge in [0.2, 0.25) is 0 Å². The van der Waals surface area contributed by atoms with E-state index in [0.717, 1.165) is 6.54 Å². The Bertz CT molecular complexity index is 592. The number of likely N-dealkylation sites (N-methyl/N-ethyl adjacent to an activating group) is 1. The average molecular weight is 354 g/mol. The highest BCUT2D eigenvalue weighted by Gasteiger charge is 2.24. The second kappa shape index (κ2) is 9.28. The Morgan fingerprint density at radius 3 is 3.00 bits per heavy atom. The summed E-state index contributed by atoms with van der Waals surface area (Å²) in [5, 5.41) is 10.1. The summed E-state index contributed by atoms with van der Waals surface area (Å²) in [6.45, 7) is 7.47. The SMILES string of the molecule is CC(C)OC[C@@H](O)CN1CCO[C@@H](CN(C)c2nccn(C)c2=O)C1. The number of aliphatic hydroxyl groups is 1. The minimum absolute atomic E-state index is 0.0383. The van der Waals surface area contributed by atoms with Crippen LogP contribution in [0.25, 0.3) is 0 Å². The Kier molecular flexibility index (Phi) is 7.37. The van der Waals surface area contributed by atoms with Crippen LogP contribution in [0.5, 0.6) is 0 Å². The van der Waals surface area contributed by atoms with Gasteiger partial charge in [0.25, 0.3) is 5.56 Å². The van der Waals surface area contributed by atoms with Crippen molar-refractivity contribution in [2.75, 3.05) is 51.3 Å². The predicted octanol–water partition coefficient (Wildman–Crippen LogP) is -0.297. The fourth-order valence-electron chi connectivity index (χ4n) is 2.85. The van der Waals surface area contributed by atoms with Gasteiger partial charge in [-0.3, -0.25) is 9.69 Å². The van der Waals surface area contributed by atoms with Gasteiger partial charge in [0.15, 0.2) is 5.82 Å². The van der Waals surface area contributed by atoms with Crippen molar-refractivity contribution in [1.29, 1.82) is 0 Å². The number of aryl methyl sites for hydroxylation is 1. The summed E-state index contributed by atoms with van der Waals surface area (Å²) < 4.78 is 12.8. The molecule has 1 aliphatic heterocycles. The van der Waals surface area contributed by atoms with Crippen molar-refractivity contribution < 1.29 is 14.6 Å². The Morgan fingerprint density at radius 1 is 1.52 bits per heavy atom. The van der Waals surface area contributed by atoms with Gasteiger partial charge in [-0.05, 0) is 13.8 Å². The molecule has 25 heavy (non-hydrogen) atoms. The molecule has 8 nitrogen and oxygen atoms in total. The lowest BCUT2D eigenvalue weighted by atomic mass is 10.2. The maximum atomic E-state index is 12.1. The molecule has 2 rings (SSSR count). The van der Waals surface area contributed by atoms with Crippen LogP contribution >= 0.6 is 0 Å². The monoisotopic (exact) mass is 354 g/mol. The van der Waals surface area contributed by atoms with Crippen LogP contribution in [-0.4, -0.2) is 84.3 Å². The molecule has 142 valence electrons. The summed E-state index contributed by atoms with van der Waals surface area (Å²) in [5.41, 5.74) is -0.126. The molecule has 0 aliphatic carbocycles. The molecule has 1 aromatic heterocycles. The molecule has 1 fully saturated rings. The number of aromatic nitrogens is 2. The molecule has 2 atom stereocenters. The standard InChI is InChI=1S/C17H30N4O4/c1-13(2)25-12-14(22)9-21-7-8-24-15(11-21)10-20(4)16-17(23)19(3)6-5-18-16/h5-6,13-15,22H,7-12H2,1-4H3/t14-,15-/m0/s1. The Hall–Kier alpha value is -1.48. The van der Waals surface area contributed by atoms with E-state index in [0.29, 0.717) is 38.7 Å². The molecule has 0 radical (unpaired) electrons. The van der Waals surface area contributed by atoms with Gasteiger partial charge in [-0.15, -0.1) is 0 Å². The van der Waals surface area contributed by atoms with E-state index in [1.807, 2.05) is 25.8 Å². The van der Waals surface area contributed by atoms with Crippen LogP contribution in [0.15, 0.2) is 17.2 Å². The van der Waals surface area contributed by atoms with E-state index in [1.54, 1.807) is 19.4 Å². The van der Waals surface area contributed by atoms with Gasteiger partial charge in [0, 0.05) is 52.7 Å². The molecule has 1 aromatic rings. The van der Waals surface area contributed by atoms with Crippen LogP contribution in [0.1, 0.15) is 13.8 Å². The van der Waals surface area contributed by atoms with Crippen molar-refractivity contribution in [2.45, 2.75) is 32.2 Å². The zero-order chi connectivity index (χ0) is 18.4. The van der Waals surface area contributed by atoms with E-state index >= 15 is 0 Å². The third kappa shape index (κ3) is 6.07. The fourth-order valence-corrected chi connectivity index (χ4v) is 2.85. The zero-order valence-electron chi connectivity index (χ0n) is 15.6. The molecule has 0 unspecified atom stereocenters. The van der Waals surface area contributed by atoms with E-state index in [-0.39, 0.29) is 17.8 Å². The molecular formula is C17H30N4O4. The quantitative estimate of drug-likeness (QED) is 0.687. The van der Waals surface area contributed by atoms with Crippen molar-refractivity contribution in [3.05, 3.63) is 22.7 Å². The minimum Gasteiger partial charge on any atom is -0.389 e. The summed E-state index contributed by atoms with van der Waals surface area (Å²) in [7, 11) is 3.55. The molecule has 0 bridgehead atoms. The van der Waals surface area contributed by atoms with Crippen LogP contribution in [0.2, 0.25) is 0 Å². The molecule has 0 amide bonds. The van der Waals surface area contributed by atoms with Crippen molar-refractivity contribution in [1.82, 2.24) is 14.5 Å². The van der Waals surface area contributed by atoms with E-state index < -0.39 is 6.10 Å². The number of rotatable bonds is 8. The van der Waals surface area contributed by atoms with Crippen molar-refractivity contribution in [3.8, 4) is 0 Å². The van der Waals surface area contributed by atoms with E-state index in [1.165, 1.54) is 4.57 Å². The van der Waals surface area contributed by atoms with Crippen LogP contribution in [0, 0.1) is 0 Å². The molecule has 1 N–H and O–H groups in total. The first-order valence-corrected chi connectivity index (χ1v) is 8.73. The van der Waals surface area contributed by atoms with Crippen LogP contribution < -0.4 is 10.5 Å². The number of hydrogen-bond acceptors (Lipinski definition) is 7. The summed E-state index contributed by atoms with van der Waals surface area (Å²) in [4.78, 5) is 20.3. The van der Waals surface area contributed by atoms with Crippen molar-refractivity contribution >= 4 is 5.82 Å². The number of ether oxygens (including phenoxy) is 2. The summed E-state index contributed by atoms with van der Waals surface area (Å²) >= 11 is 0. The molecule has 8 heteroatoms. The molecule has 0 aromatic carbocycles. The van der Waals surface area contributed by atoms with E-state index in [4.69, 9.17) is 9.47 Å². The number of aliphatic hydroxyl groups excluding tert-OH is 1. The lowest BCUT2D eigenvalue weighted by molar-refractivity contribution is -0.0532. The van der Waals surface area contributed by atoms with Gasteiger partial charge >= 0.3 is 0 Å². The maximum absolute atomic E-state index is 12.1. The lowest BCUT2D eigenvalue weighted by Crippen LogP contribution is -2.50. The highest BCUT2D eigenvalue weighted by Crippen LogP contribution is 2.10. The Morgan fingerprint density at radius 2 is 2.28 bits per heavy atom. The second-order valence-electron chi connectivity index (χ2n) is 6.84. The average Bonchev–Trinajstić information content (AvgIpc) is 2.55. The van der Waals surface area contributed by atoms with Gasteiger partial charge < -0.3 is 24.0 Å². The van der Waals surface area contributed by atoms with Gasteiger partial charge in [-0.2, -0.15) is 0 Å². The molecule has 1 aliphatic rings. The largest absolute Gasteiger partial charge is 0.389 e. The van der Waals surface area contributed by atoms with Gasteiger partial charge in [0.1, 0.15) is 0 Å². The number of β-amino-alcohol motifs (C(OH)–C–C–N with tert-alkyl or cyclic N) is 1. The summed E-state index contributed by atoms with van der Waals surface area (Å²) in [5.74, 6) is 0.413. The van der Waals surface area contributed by atoms with Gasteiger partial charge in [0.05, 0.1) is 31.5 Å². The third-order valence-corrected chi connectivity index (χ3v) is 4.15. The first-order chi connectivity index (χ1) is 11.9. The van der Waals surface area contributed by atoms with Crippen LogP contribution in [0.4, 0.5) is 5.82 Å². The molecule has 2 heterocycles. The smallest absolute Gasteiger partial charge is 0.293 e. The highest BCUT2D eigenvalue weighted by atomic mass is 16.5. The van der Waals surface area contributed by atoms with Gasteiger partial charge in [-0.1, -0.05) is 0 Å². The number of anilines is 1. The molecule has 1 saturated heterocycles. The van der Waals surface area contributed by atoms with E-state index in [9.17, 15) is 9.90 Å². The third-order valence-electron chi connectivity index (χ3n) is 4.15. The van der Waals surface area contributed by atoms with Gasteiger partial charge in [-0.25, -0.2) is 4.98 Å². The molecule has 0 saturated carbocycles. The van der Waals surface area contributed by atoms with E-state index in [2.05, 4.69) is 9.88 Å². The fraction of sp³-hybridized carbons (Fsp3) is 0.765.